The van der Waals surface area contributed by atoms with Crippen LogP contribution < -0.4 is 0 Å². The maximum absolute atomic E-state index is 11.6. The van der Waals surface area contributed by atoms with Gasteiger partial charge in [-0.25, -0.2) is 0 Å². The van der Waals surface area contributed by atoms with Crippen LogP contribution >= 0.6 is 0 Å². The Morgan fingerprint density at radius 1 is 1.22 bits per heavy atom. The van der Waals surface area contributed by atoms with Gasteiger partial charge in [0.15, 0.2) is 0 Å². The Morgan fingerprint density at radius 2 is 1.78 bits per heavy atom. The zero-order chi connectivity index (χ0) is 13.8. The minimum absolute atomic E-state index is 0.0274. The standard InChI is InChI=1S/C15H22O2Si/c1-5-9-13(12-10-7-6-8-11-12)14(15(16)17)18(2,3)4/h5-11,13-14H,1-4H3,(H,16,17)/b9-5+/t13-,14?/m0/s1. The van der Waals surface area contributed by atoms with Crippen LogP contribution in [0.3, 0.4) is 0 Å². The Morgan fingerprint density at radius 3 is 2.17 bits per heavy atom. The molecule has 0 spiro atoms. The molecule has 0 saturated heterocycles. The largest absolute Gasteiger partial charge is 0.481 e. The quantitative estimate of drug-likeness (QED) is 0.639. The van der Waals surface area contributed by atoms with Gasteiger partial charge in [0.1, 0.15) is 0 Å². The first-order valence-corrected chi connectivity index (χ1v) is 9.86. The molecule has 0 radical (unpaired) electrons. The van der Waals surface area contributed by atoms with Gasteiger partial charge in [-0.3, -0.25) is 4.79 Å². The zero-order valence-corrected chi connectivity index (χ0v) is 12.6. The minimum Gasteiger partial charge on any atom is -0.481 e. The molecule has 0 aromatic heterocycles. The third kappa shape index (κ3) is 3.57. The summed E-state index contributed by atoms with van der Waals surface area (Å²) in [7, 11) is -1.78. The molecule has 1 N–H and O–H groups in total. The number of carboxylic acids is 1. The summed E-state index contributed by atoms with van der Waals surface area (Å²) in [5.74, 6) is -0.707. The van der Waals surface area contributed by atoms with E-state index in [1.54, 1.807) is 0 Å². The van der Waals surface area contributed by atoms with E-state index in [1.807, 2.05) is 49.4 Å². The average molecular weight is 262 g/mol. The van der Waals surface area contributed by atoms with Crippen molar-refractivity contribution in [2.75, 3.05) is 0 Å². The summed E-state index contributed by atoms with van der Waals surface area (Å²) in [6.07, 6.45) is 3.97. The van der Waals surface area contributed by atoms with E-state index in [-0.39, 0.29) is 11.5 Å². The number of carboxylic acid groups (broad SMARTS) is 1. The second-order valence-corrected chi connectivity index (χ2v) is 11.0. The summed E-state index contributed by atoms with van der Waals surface area (Å²) in [6.45, 7) is 8.29. The van der Waals surface area contributed by atoms with Crippen LogP contribution in [0.2, 0.25) is 25.2 Å². The molecule has 3 heteroatoms. The van der Waals surface area contributed by atoms with Crippen molar-refractivity contribution in [2.45, 2.75) is 38.0 Å². The summed E-state index contributed by atoms with van der Waals surface area (Å²) in [5, 5.41) is 9.57. The minimum atomic E-state index is -1.78. The third-order valence-electron chi connectivity index (χ3n) is 3.14. The van der Waals surface area contributed by atoms with Gasteiger partial charge in [0.2, 0.25) is 0 Å². The van der Waals surface area contributed by atoms with Crippen LogP contribution in [0.5, 0.6) is 0 Å². The fraction of sp³-hybridized carbons (Fsp3) is 0.400. The number of carbonyl (C=O) groups is 1. The van der Waals surface area contributed by atoms with Gasteiger partial charge in [0, 0.05) is 5.92 Å². The summed E-state index contributed by atoms with van der Waals surface area (Å²) in [6, 6.07) is 9.92. The lowest BCUT2D eigenvalue weighted by atomic mass is 9.94. The Balaban J connectivity index is 3.22. The average Bonchev–Trinajstić information content (AvgIpc) is 2.27. The highest BCUT2D eigenvalue weighted by atomic mass is 28.3. The van der Waals surface area contributed by atoms with Gasteiger partial charge in [-0.05, 0) is 12.5 Å². The highest BCUT2D eigenvalue weighted by molar-refractivity contribution is 6.80. The molecule has 0 aliphatic heterocycles. The number of aliphatic carboxylic acids is 1. The second kappa shape index (κ2) is 6.00. The van der Waals surface area contributed by atoms with Crippen molar-refractivity contribution in [3.05, 3.63) is 48.0 Å². The van der Waals surface area contributed by atoms with Crippen LogP contribution in [0.4, 0.5) is 0 Å². The van der Waals surface area contributed by atoms with E-state index in [4.69, 9.17) is 0 Å². The molecular weight excluding hydrogens is 240 g/mol. The molecule has 1 aromatic rings. The number of hydrogen-bond donors (Lipinski definition) is 1. The van der Waals surface area contributed by atoms with E-state index < -0.39 is 14.0 Å². The summed E-state index contributed by atoms with van der Waals surface area (Å²) < 4.78 is 0. The predicted octanol–water partition coefficient (Wildman–Crippen LogP) is 4.14. The molecule has 0 heterocycles. The molecule has 18 heavy (non-hydrogen) atoms. The Kier molecular flexibility index (Phi) is 4.90. The van der Waals surface area contributed by atoms with Gasteiger partial charge >= 0.3 is 5.97 Å². The van der Waals surface area contributed by atoms with Crippen molar-refractivity contribution in [1.29, 1.82) is 0 Å². The molecule has 1 unspecified atom stereocenters. The van der Waals surface area contributed by atoms with Crippen molar-refractivity contribution in [1.82, 2.24) is 0 Å². The smallest absolute Gasteiger partial charge is 0.304 e. The van der Waals surface area contributed by atoms with Crippen LogP contribution in [0.25, 0.3) is 0 Å². The van der Waals surface area contributed by atoms with Crippen molar-refractivity contribution < 1.29 is 9.90 Å². The fourth-order valence-corrected chi connectivity index (χ4v) is 4.48. The van der Waals surface area contributed by atoms with Gasteiger partial charge in [-0.2, -0.15) is 0 Å². The van der Waals surface area contributed by atoms with Gasteiger partial charge in [-0.15, -0.1) is 0 Å². The molecule has 1 aromatic carbocycles. The van der Waals surface area contributed by atoms with Gasteiger partial charge in [0.05, 0.1) is 13.6 Å². The van der Waals surface area contributed by atoms with Crippen LogP contribution in [-0.2, 0) is 4.79 Å². The summed E-state index contributed by atoms with van der Waals surface area (Å²) in [5.41, 5.74) is 0.793. The highest BCUT2D eigenvalue weighted by Gasteiger charge is 2.38. The lowest BCUT2D eigenvalue weighted by Gasteiger charge is -2.31. The summed E-state index contributed by atoms with van der Waals surface area (Å²) in [4.78, 5) is 11.6. The molecule has 2 atom stereocenters. The molecule has 0 saturated carbocycles. The molecule has 0 aliphatic rings. The molecule has 0 aliphatic carbocycles. The first-order valence-electron chi connectivity index (χ1n) is 6.28. The number of hydrogen-bond acceptors (Lipinski definition) is 1. The van der Waals surface area contributed by atoms with Crippen molar-refractivity contribution >= 4 is 14.0 Å². The Hall–Kier alpha value is -1.35. The normalized spacial score (nSPS) is 15.6. The maximum Gasteiger partial charge on any atom is 0.304 e. The molecule has 2 nitrogen and oxygen atoms in total. The zero-order valence-electron chi connectivity index (χ0n) is 11.6. The second-order valence-electron chi connectivity index (χ2n) is 5.64. The molecule has 1 rings (SSSR count). The van der Waals surface area contributed by atoms with Gasteiger partial charge in [0.25, 0.3) is 0 Å². The number of benzene rings is 1. The lowest BCUT2D eigenvalue weighted by molar-refractivity contribution is -0.137. The molecular formula is C15H22O2Si. The van der Waals surface area contributed by atoms with E-state index >= 15 is 0 Å². The first-order chi connectivity index (χ1) is 8.38. The highest BCUT2D eigenvalue weighted by Crippen LogP contribution is 2.38. The molecule has 0 bridgehead atoms. The van der Waals surface area contributed by atoms with Crippen molar-refractivity contribution in [3.63, 3.8) is 0 Å². The first kappa shape index (κ1) is 14.7. The van der Waals surface area contributed by atoms with E-state index in [1.165, 1.54) is 0 Å². The fourth-order valence-electron chi connectivity index (χ4n) is 2.36. The van der Waals surface area contributed by atoms with Crippen molar-refractivity contribution in [2.24, 2.45) is 0 Å². The van der Waals surface area contributed by atoms with Crippen molar-refractivity contribution in [3.8, 4) is 0 Å². The SMILES string of the molecule is C/C=C/[C@@H](c1ccccc1)C(C(=O)O)[Si](C)(C)C. The van der Waals surface area contributed by atoms with Gasteiger partial charge < -0.3 is 5.11 Å². The van der Waals surface area contributed by atoms with Crippen LogP contribution in [0.1, 0.15) is 18.4 Å². The van der Waals surface area contributed by atoms with Crippen LogP contribution in [0.15, 0.2) is 42.5 Å². The summed E-state index contributed by atoms with van der Waals surface area (Å²) >= 11 is 0. The number of rotatable bonds is 5. The van der Waals surface area contributed by atoms with E-state index in [2.05, 4.69) is 19.6 Å². The maximum atomic E-state index is 11.6. The molecule has 0 amide bonds. The topological polar surface area (TPSA) is 37.3 Å². The van der Waals surface area contributed by atoms with Crippen LogP contribution in [0, 0.1) is 0 Å². The van der Waals surface area contributed by atoms with E-state index in [9.17, 15) is 9.90 Å². The molecule has 98 valence electrons. The molecule has 0 fully saturated rings. The van der Waals surface area contributed by atoms with Gasteiger partial charge in [-0.1, -0.05) is 62.1 Å². The number of allylic oxidation sites excluding steroid dienone is 2. The predicted molar refractivity (Wildman–Crippen MR) is 78.7 cm³/mol. The lowest BCUT2D eigenvalue weighted by Crippen LogP contribution is -2.37. The monoisotopic (exact) mass is 262 g/mol. The Bertz CT molecular complexity index is 418. The van der Waals surface area contributed by atoms with E-state index in [0.717, 1.165) is 5.56 Å². The van der Waals surface area contributed by atoms with E-state index in [0.29, 0.717) is 0 Å². The van der Waals surface area contributed by atoms with Crippen LogP contribution in [-0.4, -0.2) is 19.1 Å². The third-order valence-corrected chi connectivity index (χ3v) is 5.61. The Labute approximate surface area is 110 Å².